The lowest BCUT2D eigenvalue weighted by molar-refractivity contribution is -0.137. The first-order valence-electron chi connectivity index (χ1n) is 5.45. The van der Waals surface area contributed by atoms with Crippen molar-refractivity contribution in [3.05, 3.63) is 41.5 Å². The molecule has 0 atom stereocenters. The lowest BCUT2D eigenvalue weighted by atomic mass is 10.1. The first kappa shape index (κ1) is 14.3. The van der Waals surface area contributed by atoms with Crippen molar-refractivity contribution in [2.45, 2.75) is 26.1 Å². The van der Waals surface area contributed by atoms with E-state index in [0.29, 0.717) is 5.56 Å². The number of amides is 1. The van der Waals surface area contributed by atoms with Crippen LogP contribution >= 0.6 is 0 Å². The molecule has 1 rings (SSSR count). The van der Waals surface area contributed by atoms with Gasteiger partial charge in [0.25, 0.3) is 0 Å². The summed E-state index contributed by atoms with van der Waals surface area (Å²) in [5.74, 6) is -0.331. The van der Waals surface area contributed by atoms with Crippen molar-refractivity contribution in [3.63, 3.8) is 0 Å². The minimum Gasteiger partial charge on any atom is -0.350 e. The van der Waals surface area contributed by atoms with Crippen LogP contribution in [0.4, 0.5) is 13.2 Å². The average molecular weight is 257 g/mol. The number of alkyl halides is 3. The molecule has 0 spiro atoms. The van der Waals surface area contributed by atoms with Gasteiger partial charge in [-0.05, 0) is 37.6 Å². The van der Waals surface area contributed by atoms with Crippen molar-refractivity contribution in [1.29, 1.82) is 0 Å². The highest BCUT2D eigenvalue weighted by Crippen LogP contribution is 2.29. The van der Waals surface area contributed by atoms with Gasteiger partial charge in [-0.1, -0.05) is 12.1 Å². The minimum atomic E-state index is -4.37. The third-order valence-corrected chi connectivity index (χ3v) is 2.07. The van der Waals surface area contributed by atoms with Crippen molar-refractivity contribution in [2.24, 2.45) is 0 Å². The summed E-state index contributed by atoms with van der Waals surface area (Å²) in [5.41, 5.74) is -0.391. The molecule has 18 heavy (non-hydrogen) atoms. The number of halogens is 3. The summed E-state index contributed by atoms with van der Waals surface area (Å²) in [7, 11) is 0. The zero-order chi connectivity index (χ0) is 13.8. The zero-order valence-corrected chi connectivity index (χ0v) is 10.1. The molecule has 1 aromatic carbocycles. The maximum Gasteiger partial charge on any atom is 0.416 e. The Morgan fingerprint density at radius 2 is 2.00 bits per heavy atom. The van der Waals surface area contributed by atoms with E-state index in [9.17, 15) is 18.0 Å². The summed E-state index contributed by atoms with van der Waals surface area (Å²) in [4.78, 5) is 11.3. The van der Waals surface area contributed by atoms with Crippen LogP contribution in [0, 0.1) is 0 Å². The number of benzene rings is 1. The molecule has 1 aromatic rings. The Morgan fingerprint density at radius 1 is 1.33 bits per heavy atom. The van der Waals surface area contributed by atoms with Crippen LogP contribution < -0.4 is 5.32 Å². The molecule has 1 amide bonds. The van der Waals surface area contributed by atoms with Gasteiger partial charge >= 0.3 is 6.18 Å². The summed E-state index contributed by atoms with van der Waals surface area (Å²) in [6, 6.07) is 4.80. The van der Waals surface area contributed by atoms with Crippen molar-refractivity contribution < 1.29 is 18.0 Å². The molecule has 0 bridgehead atoms. The highest BCUT2D eigenvalue weighted by Gasteiger charge is 2.30. The maximum absolute atomic E-state index is 12.4. The monoisotopic (exact) mass is 257 g/mol. The van der Waals surface area contributed by atoms with Crippen LogP contribution in [0.3, 0.4) is 0 Å². The molecule has 0 fully saturated rings. The Balaban J connectivity index is 2.80. The molecule has 0 aliphatic rings. The molecule has 0 saturated heterocycles. The molecule has 0 unspecified atom stereocenters. The van der Waals surface area contributed by atoms with Crippen LogP contribution in [0.15, 0.2) is 30.3 Å². The van der Waals surface area contributed by atoms with E-state index in [4.69, 9.17) is 0 Å². The Morgan fingerprint density at radius 3 is 2.56 bits per heavy atom. The number of nitrogens with one attached hydrogen (secondary N) is 1. The van der Waals surface area contributed by atoms with Gasteiger partial charge in [0.05, 0.1) is 5.56 Å². The van der Waals surface area contributed by atoms with Crippen molar-refractivity contribution in [2.75, 3.05) is 0 Å². The molecular formula is C13H14F3NO. The summed E-state index contributed by atoms with van der Waals surface area (Å²) in [5, 5.41) is 2.61. The second-order valence-electron chi connectivity index (χ2n) is 4.12. The van der Waals surface area contributed by atoms with Gasteiger partial charge < -0.3 is 5.32 Å². The molecule has 0 saturated carbocycles. The third kappa shape index (κ3) is 4.61. The van der Waals surface area contributed by atoms with E-state index < -0.39 is 11.7 Å². The molecule has 0 radical (unpaired) electrons. The van der Waals surface area contributed by atoms with E-state index in [1.807, 2.05) is 0 Å². The Kier molecular flexibility index (Phi) is 4.53. The van der Waals surface area contributed by atoms with Gasteiger partial charge in [0.15, 0.2) is 0 Å². The maximum atomic E-state index is 12.4. The highest BCUT2D eigenvalue weighted by molar-refractivity contribution is 5.91. The fourth-order valence-corrected chi connectivity index (χ4v) is 1.32. The van der Waals surface area contributed by atoms with Crippen LogP contribution in [0.2, 0.25) is 0 Å². The first-order chi connectivity index (χ1) is 8.29. The standard InChI is InChI=1S/C13H14F3NO/c1-9(2)17-12(18)7-6-10-4-3-5-11(8-10)13(14,15)16/h3-9H,1-2H3,(H,17,18). The molecule has 0 heterocycles. The normalized spacial score (nSPS) is 12.1. The van der Waals surface area contributed by atoms with Gasteiger partial charge in [0, 0.05) is 12.1 Å². The van der Waals surface area contributed by atoms with Crippen LogP contribution in [0.25, 0.3) is 6.08 Å². The predicted octanol–water partition coefficient (Wildman–Crippen LogP) is 3.24. The van der Waals surface area contributed by atoms with Crippen LogP contribution in [-0.4, -0.2) is 11.9 Å². The van der Waals surface area contributed by atoms with E-state index in [1.54, 1.807) is 13.8 Å². The fourth-order valence-electron chi connectivity index (χ4n) is 1.32. The van der Waals surface area contributed by atoms with Crippen LogP contribution in [0.1, 0.15) is 25.0 Å². The molecule has 0 aromatic heterocycles. The molecule has 0 aliphatic heterocycles. The third-order valence-electron chi connectivity index (χ3n) is 2.07. The Hall–Kier alpha value is -1.78. The lowest BCUT2D eigenvalue weighted by Crippen LogP contribution is -2.28. The lowest BCUT2D eigenvalue weighted by Gasteiger charge is -2.07. The largest absolute Gasteiger partial charge is 0.416 e. The molecule has 1 N–H and O–H groups in total. The number of carbonyl (C=O) groups excluding carboxylic acids is 1. The van der Waals surface area contributed by atoms with E-state index in [0.717, 1.165) is 12.1 Å². The van der Waals surface area contributed by atoms with Gasteiger partial charge in [0.2, 0.25) is 5.91 Å². The van der Waals surface area contributed by atoms with Gasteiger partial charge in [-0.25, -0.2) is 0 Å². The molecular weight excluding hydrogens is 243 g/mol. The van der Waals surface area contributed by atoms with Crippen LogP contribution in [-0.2, 0) is 11.0 Å². The smallest absolute Gasteiger partial charge is 0.350 e. The predicted molar refractivity (Wildman–Crippen MR) is 63.8 cm³/mol. The second kappa shape index (κ2) is 5.71. The SMILES string of the molecule is CC(C)NC(=O)C=Cc1cccc(C(F)(F)F)c1. The zero-order valence-electron chi connectivity index (χ0n) is 10.1. The molecule has 2 nitrogen and oxygen atoms in total. The second-order valence-corrected chi connectivity index (χ2v) is 4.12. The summed E-state index contributed by atoms with van der Waals surface area (Å²) < 4.78 is 37.3. The minimum absolute atomic E-state index is 0.0105. The Labute approximate surface area is 104 Å². The number of hydrogen-bond donors (Lipinski definition) is 1. The Bertz CT molecular complexity index is 450. The van der Waals surface area contributed by atoms with Crippen molar-refractivity contribution >= 4 is 12.0 Å². The summed E-state index contributed by atoms with van der Waals surface area (Å²) >= 11 is 0. The van der Waals surface area contributed by atoms with E-state index >= 15 is 0 Å². The van der Waals surface area contributed by atoms with Crippen molar-refractivity contribution in [1.82, 2.24) is 5.32 Å². The van der Waals surface area contributed by atoms with E-state index in [-0.39, 0.29) is 11.9 Å². The highest BCUT2D eigenvalue weighted by atomic mass is 19.4. The van der Waals surface area contributed by atoms with Gasteiger partial charge in [-0.2, -0.15) is 13.2 Å². The first-order valence-corrected chi connectivity index (χ1v) is 5.45. The quantitative estimate of drug-likeness (QED) is 0.827. The molecule has 5 heteroatoms. The van der Waals surface area contributed by atoms with E-state index in [2.05, 4.69) is 5.32 Å². The van der Waals surface area contributed by atoms with Gasteiger partial charge in [-0.15, -0.1) is 0 Å². The number of rotatable bonds is 3. The van der Waals surface area contributed by atoms with E-state index in [1.165, 1.54) is 24.3 Å². The molecule has 0 aliphatic carbocycles. The van der Waals surface area contributed by atoms with Gasteiger partial charge in [-0.3, -0.25) is 4.79 Å². The average Bonchev–Trinajstić information content (AvgIpc) is 2.25. The van der Waals surface area contributed by atoms with Crippen LogP contribution in [0.5, 0.6) is 0 Å². The molecule has 98 valence electrons. The number of carbonyl (C=O) groups is 1. The topological polar surface area (TPSA) is 29.1 Å². The van der Waals surface area contributed by atoms with Crippen molar-refractivity contribution in [3.8, 4) is 0 Å². The fraction of sp³-hybridized carbons (Fsp3) is 0.308. The summed E-state index contributed by atoms with van der Waals surface area (Å²) in [6.07, 6.45) is -1.80. The summed E-state index contributed by atoms with van der Waals surface area (Å²) in [6.45, 7) is 3.60. The van der Waals surface area contributed by atoms with Gasteiger partial charge in [0.1, 0.15) is 0 Å². The number of hydrogen-bond acceptors (Lipinski definition) is 1.